The molecule has 4 rings (SSSR count). The van der Waals surface area contributed by atoms with Crippen LogP contribution in [0.1, 0.15) is 9.67 Å². The number of anilines is 1. The highest BCUT2D eigenvalue weighted by molar-refractivity contribution is 7.80. The molecule has 0 aliphatic heterocycles. The summed E-state index contributed by atoms with van der Waals surface area (Å²) >= 11 is 14.1. The molecule has 30 heavy (non-hydrogen) atoms. The van der Waals surface area contributed by atoms with Gasteiger partial charge in [0.05, 0.1) is 17.8 Å². The van der Waals surface area contributed by atoms with E-state index < -0.39 is 11.7 Å². The number of methoxy groups -OCH3 is 1. The number of thiocarbonyl (C=S) groups is 1. The number of nitrogens with one attached hydrogen (secondary N) is 2. The van der Waals surface area contributed by atoms with Crippen LogP contribution in [0.3, 0.4) is 0 Å². The van der Waals surface area contributed by atoms with E-state index in [2.05, 4.69) is 15.6 Å². The molecule has 0 radical (unpaired) electrons. The molecule has 1 amide bonds. The van der Waals surface area contributed by atoms with Crippen LogP contribution < -0.4 is 15.4 Å². The molecule has 4 aromatic rings. The highest BCUT2D eigenvalue weighted by atomic mass is 35.5. The highest BCUT2D eigenvalue weighted by Gasteiger charge is 2.18. The lowest BCUT2D eigenvalue weighted by molar-refractivity contribution is 0.0982. The van der Waals surface area contributed by atoms with Crippen molar-refractivity contribution >= 4 is 72.7 Å². The number of nitrogens with zero attached hydrogens (tertiary/aromatic N) is 1. The van der Waals surface area contributed by atoms with Crippen molar-refractivity contribution in [1.29, 1.82) is 0 Å². The van der Waals surface area contributed by atoms with Gasteiger partial charge in [-0.1, -0.05) is 29.8 Å². The molecular weight excluding hydrogens is 465 g/mol. The Morgan fingerprint density at radius 1 is 1.27 bits per heavy atom. The first-order valence-corrected chi connectivity index (χ1v) is 11.0. The standard InChI is InChI=1S/C20H13ClFN3O2S3/c1-27-14-7-6-10(8-12(14)22)13-9-29-20(23-13)25-19(28)24-18(26)17-16(21)11-4-2-3-5-15(11)30-17/h2-9H,1H3,(H2,23,24,25,26,28). The zero-order chi connectivity index (χ0) is 21.3. The van der Waals surface area contributed by atoms with Gasteiger partial charge in [-0.05, 0) is 36.5 Å². The Labute approximate surface area is 189 Å². The quantitative estimate of drug-likeness (QED) is 0.355. The van der Waals surface area contributed by atoms with Gasteiger partial charge >= 0.3 is 0 Å². The van der Waals surface area contributed by atoms with Crippen molar-refractivity contribution in [1.82, 2.24) is 10.3 Å². The summed E-state index contributed by atoms with van der Waals surface area (Å²) in [6.07, 6.45) is 0. The van der Waals surface area contributed by atoms with E-state index >= 15 is 0 Å². The Hall–Kier alpha value is -2.59. The number of hydrogen-bond donors (Lipinski definition) is 2. The van der Waals surface area contributed by atoms with Gasteiger partial charge in [0.2, 0.25) is 0 Å². The Morgan fingerprint density at radius 2 is 2.07 bits per heavy atom. The summed E-state index contributed by atoms with van der Waals surface area (Å²) in [5.41, 5.74) is 1.18. The van der Waals surface area contributed by atoms with Crippen molar-refractivity contribution in [3.8, 4) is 17.0 Å². The zero-order valence-electron chi connectivity index (χ0n) is 15.4. The molecule has 0 unspecified atom stereocenters. The van der Waals surface area contributed by atoms with Crippen LogP contribution in [0.15, 0.2) is 47.8 Å². The van der Waals surface area contributed by atoms with Crippen molar-refractivity contribution in [3.05, 3.63) is 63.6 Å². The van der Waals surface area contributed by atoms with Gasteiger partial charge < -0.3 is 10.1 Å². The topological polar surface area (TPSA) is 63.2 Å². The Balaban J connectivity index is 1.45. The summed E-state index contributed by atoms with van der Waals surface area (Å²) in [5.74, 6) is -0.704. The number of hydrogen-bond acceptors (Lipinski definition) is 6. The van der Waals surface area contributed by atoms with Crippen LogP contribution in [0.4, 0.5) is 9.52 Å². The van der Waals surface area contributed by atoms with Crippen LogP contribution in [0.5, 0.6) is 5.75 Å². The number of carbonyl (C=O) groups is 1. The van der Waals surface area contributed by atoms with Crippen LogP contribution in [0, 0.1) is 5.82 Å². The van der Waals surface area contributed by atoms with Crippen molar-refractivity contribution < 1.29 is 13.9 Å². The van der Waals surface area contributed by atoms with Gasteiger partial charge in [0.25, 0.3) is 5.91 Å². The minimum Gasteiger partial charge on any atom is -0.494 e. The number of carbonyl (C=O) groups excluding carboxylic acids is 1. The minimum atomic E-state index is -0.472. The molecule has 2 heterocycles. The van der Waals surface area contributed by atoms with E-state index in [0.717, 1.165) is 10.1 Å². The fourth-order valence-corrected chi connectivity index (χ4v) is 5.13. The van der Waals surface area contributed by atoms with Gasteiger partial charge in [-0.25, -0.2) is 9.37 Å². The second kappa shape index (κ2) is 8.65. The first-order chi connectivity index (χ1) is 14.5. The normalized spacial score (nSPS) is 10.8. The van der Waals surface area contributed by atoms with Crippen molar-refractivity contribution in [2.45, 2.75) is 0 Å². The predicted octanol–water partition coefficient (Wildman–Crippen LogP) is 5.95. The van der Waals surface area contributed by atoms with Crippen molar-refractivity contribution in [3.63, 3.8) is 0 Å². The third kappa shape index (κ3) is 4.15. The van der Waals surface area contributed by atoms with Crippen LogP contribution in [0.2, 0.25) is 5.02 Å². The summed E-state index contributed by atoms with van der Waals surface area (Å²) in [7, 11) is 1.41. The van der Waals surface area contributed by atoms with Gasteiger partial charge in [-0.15, -0.1) is 22.7 Å². The third-order valence-electron chi connectivity index (χ3n) is 4.14. The second-order valence-electron chi connectivity index (χ2n) is 6.04. The van der Waals surface area contributed by atoms with Crippen LogP contribution >= 0.6 is 46.5 Å². The lowest BCUT2D eigenvalue weighted by Gasteiger charge is -2.06. The van der Waals surface area contributed by atoms with Crippen LogP contribution in [-0.2, 0) is 0 Å². The predicted molar refractivity (Wildman–Crippen MR) is 125 cm³/mol. The summed E-state index contributed by atoms with van der Waals surface area (Å²) in [4.78, 5) is 17.3. The maximum absolute atomic E-state index is 13.9. The van der Waals surface area contributed by atoms with E-state index in [1.807, 2.05) is 24.3 Å². The third-order valence-corrected chi connectivity index (χ3v) is 6.78. The molecule has 0 saturated carbocycles. The maximum Gasteiger partial charge on any atom is 0.269 e. The molecule has 0 fully saturated rings. The van der Waals surface area contributed by atoms with Gasteiger partial charge in [-0.3, -0.25) is 10.1 Å². The minimum absolute atomic E-state index is 0.0929. The molecule has 0 aliphatic carbocycles. The number of thiazole rings is 1. The SMILES string of the molecule is COc1ccc(-c2csc(NC(=S)NC(=O)c3sc4ccccc4c3Cl)n2)cc1F. The average molecular weight is 478 g/mol. The zero-order valence-corrected chi connectivity index (χ0v) is 18.6. The molecule has 0 bridgehead atoms. The molecule has 0 aliphatic rings. The lowest BCUT2D eigenvalue weighted by Crippen LogP contribution is -2.33. The Bertz CT molecular complexity index is 1270. The number of benzene rings is 2. The van der Waals surface area contributed by atoms with Crippen molar-refractivity contribution in [2.24, 2.45) is 0 Å². The maximum atomic E-state index is 13.9. The molecular formula is C20H13ClFN3O2S3. The number of halogens is 2. The van der Waals surface area contributed by atoms with Gasteiger partial charge in [0, 0.05) is 21.0 Å². The molecule has 0 spiro atoms. The number of aromatic nitrogens is 1. The molecule has 0 saturated heterocycles. The molecule has 10 heteroatoms. The molecule has 2 aromatic heterocycles. The number of rotatable bonds is 4. The number of thiophene rings is 1. The van der Waals surface area contributed by atoms with E-state index in [0.29, 0.717) is 26.3 Å². The molecule has 0 atom stereocenters. The highest BCUT2D eigenvalue weighted by Crippen LogP contribution is 2.35. The molecule has 2 aromatic carbocycles. The van der Waals surface area contributed by atoms with E-state index in [4.69, 9.17) is 28.6 Å². The molecule has 2 N–H and O–H groups in total. The first-order valence-electron chi connectivity index (χ1n) is 8.55. The lowest BCUT2D eigenvalue weighted by atomic mass is 10.1. The number of amides is 1. The van der Waals surface area contributed by atoms with Gasteiger partial charge in [0.15, 0.2) is 21.8 Å². The summed E-state index contributed by atoms with van der Waals surface area (Å²) in [5, 5.41) is 9.03. The fraction of sp³-hybridized carbons (Fsp3) is 0.0500. The monoisotopic (exact) mass is 477 g/mol. The van der Waals surface area contributed by atoms with Crippen molar-refractivity contribution in [2.75, 3.05) is 12.4 Å². The fourth-order valence-electron chi connectivity index (χ4n) is 2.74. The Kier molecular flexibility index (Phi) is 5.96. The summed E-state index contributed by atoms with van der Waals surface area (Å²) < 4.78 is 19.8. The van der Waals surface area contributed by atoms with E-state index in [1.54, 1.807) is 11.4 Å². The largest absolute Gasteiger partial charge is 0.494 e. The van der Waals surface area contributed by atoms with E-state index in [9.17, 15) is 9.18 Å². The van der Waals surface area contributed by atoms with Crippen LogP contribution in [0.25, 0.3) is 21.3 Å². The number of fused-ring (bicyclic) bond motifs is 1. The van der Waals surface area contributed by atoms with Gasteiger partial charge in [0.1, 0.15) is 4.88 Å². The smallest absolute Gasteiger partial charge is 0.269 e. The summed E-state index contributed by atoms with van der Waals surface area (Å²) in [6.45, 7) is 0. The average Bonchev–Trinajstić information content (AvgIpc) is 3.33. The van der Waals surface area contributed by atoms with Gasteiger partial charge in [-0.2, -0.15) is 0 Å². The van der Waals surface area contributed by atoms with E-state index in [-0.39, 0.29) is 10.9 Å². The second-order valence-corrected chi connectivity index (χ2v) is 8.73. The summed E-state index contributed by atoms with van der Waals surface area (Å²) in [6, 6.07) is 12.1. The first kappa shape index (κ1) is 20.7. The van der Waals surface area contributed by atoms with E-state index in [1.165, 1.54) is 41.9 Å². The number of ether oxygens (including phenoxy) is 1. The molecule has 152 valence electrons. The molecule has 5 nitrogen and oxygen atoms in total. The Morgan fingerprint density at radius 3 is 2.80 bits per heavy atom. The van der Waals surface area contributed by atoms with Crippen LogP contribution in [-0.4, -0.2) is 23.1 Å².